The number of nitrogens with one attached hydrogen (secondary N) is 2. The lowest BCUT2D eigenvalue weighted by atomic mass is 10.1. The van der Waals surface area contributed by atoms with Crippen molar-refractivity contribution in [3.63, 3.8) is 0 Å². The first-order valence-electron chi connectivity index (χ1n) is 10.9. The first-order chi connectivity index (χ1) is 13.9. The molecule has 0 aromatic heterocycles. The molecule has 0 aliphatic rings. The third kappa shape index (κ3) is 17.7. The van der Waals surface area contributed by atoms with Crippen molar-refractivity contribution in [1.29, 1.82) is 0 Å². The lowest BCUT2D eigenvalue weighted by Crippen LogP contribution is -2.45. The number of rotatable bonds is 19. The minimum Gasteiger partial charge on any atom is -0.480 e. The molecule has 5 N–H and O–H groups in total. The predicted molar refractivity (Wildman–Crippen MR) is 112 cm³/mol. The van der Waals surface area contributed by atoms with Crippen molar-refractivity contribution < 1.29 is 24.3 Å². The summed E-state index contributed by atoms with van der Waals surface area (Å²) in [5.41, 5.74) is 4.98. The Labute approximate surface area is 174 Å². The van der Waals surface area contributed by atoms with Gasteiger partial charge in [0, 0.05) is 12.8 Å². The summed E-state index contributed by atoms with van der Waals surface area (Å²) in [6, 6.07) is -1.20. The van der Waals surface area contributed by atoms with E-state index in [1.165, 1.54) is 51.4 Å². The van der Waals surface area contributed by atoms with Gasteiger partial charge in [-0.3, -0.25) is 14.4 Å². The topological polar surface area (TPSA) is 139 Å². The molecule has 0 fully saturated rings. The third-order valence-corrected chi connectivity index (χ3v) is 4.77. The van der Waals surface area contributed by atoms with Crippen LogP contribution in [0.1, 0.15) is 96.8 Å². The molecule has 0 aromatic carbocycles. The zero-order valence-electron chi connectivity index (χ0n) is 17.8. The molecule has 0 saturated carbocycles. The Morgan fingerprint density at radius 1 is 0.793 bits per heavy atom. The number of nitrogens with two attached hydrogens (primary N) is 1. The summed E-state index contributed by atoms with van der Waals surface area (Å²) in [5.74, 6) is -2.70. The number of carbonyl (C=O) groups excluding carboxylic acids is 3. The smallest absolute Gasteiger partial charge is 0.326 e. The molecule has 29 heavy (non-hydrogen) atoms. The van der Waals surface area contributed by atoms with E-state index in [4.69, 9.17) is 10.8 Å². The number of primary amides is 1. The van der Waals surface area contributed by atoms with Crippen molar-refractivity contribution >= 4 is 23.7 Å². The van der Waals surface area contributed by atoms with Crippen LogP contribution < -0.4 is 16.4 Å². The number of unbranched alkanes of at least 4 members (excludes halogenated alkanes) is 10. The molecule has 8 nitrogen and oxygen atoms in total. The Morgan fingerprint density at radius 3 is 1.79 bits per heavy atom. The third-order valence-electron chi connectivity index (χ3n) is 4.77. The molecule has 0 spiro atoms. The van der Waals surface area contributed by atoms with Crippen molar-refractivity contribution in [2.24, 2.45) is 5.73 Å². The normalized spacial score (nSPS) is 11.6. The molecule has 0 aliphatic carbocycles. The van der Waals surface area contributed by atoms with Crippen LogP contribution in [-0.4, -0.2) is 41.4 Å². The zero-order chi connectivity index (χ0) is 21.9. The van der Waals surface area contributed by atoms with Crippen LogP contribution in [0.2, 0.25) is 0 Å². The van der Waals surface area contributed by atoms with Crippen LogP contribution in [0.5, 0.6) is 0 Å². The maximum absolute atomic E-state index is 11.8. The van der Waals surface area contributed by atoms with Gasteiger partial charge in [0.15, 0.2) is 0 Å². The molecule has 0 aliphatic heterocycles. The van der Waals surface area contributed by atoms with E-state index < -0.39 is 23.8 Å². The fraction of sp³-hybridized carbons (Fsp3) is 0.810. The monoisotopic (exact) mass is 413 g/mol. The number of amides is 3. The van der Waals surface area contributed by atoms with E-state index in [0.717, 1.165) is 19.3 Å². The molecule has 1 atom stereocenters. The summed E-state index contributed by atoms with van der Waals surface area (Å²) in [6.07, 6.45) is 13.3. The minimum absolute atomic E-state index is 0.0803. The maximum Gasteiger partial charge on any atom is 0.326 e. The molecule has 3 amide bonds. The average Bonchev–Trinajstić information content (AvgIpc) is 2.67. The minimum atomic E-state index is -1.24. The fourth-order valence-corrected chi connectivity index (χ4v) is 3.01. The molecule has 0 aromatic rings. The molecular formula is C21H39N3O5. The maximum atomic E-state index is 11.8. The van der Waals surface area contributed by atoms with Gasteiger partial charge >= 0.3 is 5.97 Å². The molecular weight excluding hydrogens is 374 g/mol. The van der Waals surface area contributed by atoms with Gasteiger partial charge in [0.25, 0.3) is 0 Å². The summed E-state index contributed by atoms with van der Waals surface area (Å²) >= 11 is 0. The van der Waals surface area contributed by atoms with Gasteiger partial charge in [-0.05, 0) is 12.8 Å². The van der Waals surface area contributed by atoms with Crippen LogP contribution in [-0.2, 0) is 19.2 Å². The average molecular weight is 414 g/mol. The Hall–Kier alpha value is -2.12. The van der Waals surface area contributed by atoms with Crippen molar-refractivity contribution in [2.75, 3.05) is 6.54 Å². The number of carbonyl (C=O) groups is 4. The van der Waals surface area contributed by atoms with E-state index >= 15 is 0 Å². The first kappa shape index (κ1) is 26.9. The van der Waals surface area contributed by atoms with Crippen LogP contribution >= 0.6 is 0 Å². The van der Waals surface area contributed by atoms with E-state index in [1.807, 2.05) is 0 Å². The summed E-state index contributed by atoms with van der Waals surface area (Å²) in [4.78, 5) is 45.3. The second kappa shape index (κ2) is 17.9. The fourth-order valence-electron chi connectivity index (χ4n) is 3.01. The Kier molecular flexibility index (Phi) is 16.6. The van der Waals surface area contributed by atoms with E-state index in [2.05, 4.69) is 17.6 Å². The summed E-state index contributed by atoms with van der Waals surface area (Å²) in [5, 5.41) is 13.8. The lowest BCUT2D eigenvalue weighted by Gasteiger charge is -2.14. The second-order valence-electron chi connectivity index (χ2n) is 7.53. The standard InChI is InChI=1S/C21H39N3O5/c1-2-3-4-5-6-7-8-9-10-11-12-13-19(26)23-16-20(27)24-17(21(28)29)14-15-18(22)25/h17H,2-16H2,1H3,(H2,22,25)(H,23,26)(H,24,27)(H,28,29)/t17-/m0/s1. The molecule has 0 saturated heterocycles. The summed E-state index contributed by atoms with van der Waals surface area (Å²) in [6.45, 7) is 1.94. The number of hydrogen-bond acceptors (Lipinski definition) is 4. The van der Waals surface area contributed by atoms with E-state index in [-0.39, 0.29) is 25.3 Å². The number of carboxylic acid groups (broad SMARTS) is 1. The quantitative estimate of drug-likeness (QED) is 0.241. The van der Waals surface area contributed by atoms with Crippen molar-refractivity contribution in [3.8, 4) is 0 Å². The van der Waals surface area contributed by atoms with Crippen LogP contribution in [0, 0.1) is 0 Å². The molecule has 0 bridgehead atoms. The highest BCUT2D eigenvalue weighted by Crippen LogP contribution is 2.11. The van der Waals surface area contributed by atoms with Crippen molar-refractivity contribution in [1.82, 2.24) is 10.6 Å². The van der Waals surface area contributed by atoms with Crippen molar-refractivity contribution in [3.05, 3.63) is 0 Å². The van der Waals surface area contributed by atoms with Crippen molar-refractivity contribution in [2.45, 2.75) is 103 Å². The molecule has 0 unspecified atom stereocenters. The van der Waals surface area contributed by atoms with Crippen LogP contribution in [0.25, 0.3) is 0 Å². The van der Waals surface area contributed by atoms with Gasteiger partial charge in [-0.15, -0.1) is 0 Å². The molecule has 168 valence electrons. The van der Waals surface area contributed by atoms with Gasteiger partial charge < -0.3 is 21.5 Å². The highest BCUT2D eigenvalue weighted by atomic mass is 16.4. The molecule has 0 radical (unpaired) electrons. The number of carboxylic acids is 1. The Bertz CT molecular complexity index is 497. The van der Waals surface area contributed by atoms with E-state index in [9.17, 15) is 19.2 Å². The molecule has 8 heteroatoms. The Morgan fingerprint density at radius 2 is 1.31 bits per heavy atom. The predicted octanol–water partition coefficient (Wildman–Crippen LogP) is 2.64. The Balaban J connectivity index is 3.68. The van der Waals surface area contributed by atoms with Gasteiger partial charge in [-0.25, -0.2) is 4.79 Å². The van der Waals surface area contributed by atoms with Gasteiger partial charge in [0.05, 0.1) is 6.54 Å². The number of hydrogen-bond donors (Lipinski definition) is 4. The summed E-state index contributed by atoms with van der Waals surface area (Å²) < 4.78 is 0. The van der Waals surface area contributed by atoms with Gasteiger partial charge in [0.2, 0.25) is 17.7 Å². The highest BCUT2D eigenvalue weighted by molar-refractivity contribution is 5.88. The highest BCUT2D eigenvalue weighted by Gasteiger charge is 2.20. The first-order valence-corrected chi connectivity index (χ1v) is 10.9. The van der Waals surface area contributed by atoms with Gasteiger partial charge in [-0.2, -0.15) is 0 Å². The van der Waals surface area contributed by atoms with Gasteiger partial charge in [0.1, 0.15) is 6.04 Å². The van der Waals surface area contributed by atoms with E-state index in [1.54, 1.807) is 0 Å². The SMILES string of the molecule is CCCCCCCCCCCCCC(=O)NCC(=O)N[C@@H](CCC(N)=O)C(=O)O. The molecule has 0 heterocycles. The van der Waals surface area contributed by atoms with Gasteiger partial charge in [-0.1, -0.05) is 71.1 Å². The summed E-state index contributed by atoms with van der Waals surface area (Å²) in [7, 11) is 0. The largest absolute Gasteiger partial charge is 0.480 e. The zero-order valence-corrected chi connectivity index (χ0v) is 17.8. The van der Waals surface area contributed by atoms with Crippen LogP contribution in [0.3, 0.4) is 0 Å². The van der Waals surface area contributed by atoms with Crippen LogP contribution in [0.4, 0.5) is 0 Å². The number of aliphatic carboxylic acids is 1. The van der Waals surface area contributed by atoms with E-state index in [0.29, 0.717) is 6.42 Å². The lowest BCUT2D eigenvalue weighted by molar-refractivity contribution is -0.142. The second-order valence-corrected chi connectivity index (χ2v) is 7.53. The molecule has 0 rings (SSSR count). The van der Waals surface area contributed by atoms with Crippen LogP contribution in [0.15, 0.2) is 0 Å².